The van der Waals surface area contributed by atoms with Crippen molar-refractivity contribution in [2.75, 3.05) is 26.3 Å². The van der Waals surface area contributed by atoms with E-state index < -0.39 is 5.54 Å². The Balaban J connectivity index is 1.78. The molecule has 0 saturated carbocycles. The fraction of sp³-hybridized carbons (Fsp3) is 0.600. The van der Waals surface area contributed by atoms with Crippen molar-refractivity contribution >= 4 is 11.6 Å². The first-order valence-corrected chi connectivity index (χ1v) is 7.54. The third kappa shape index (κ3) is 2.79. The largest absolute Gasteiger partial charge is 0.493 e. The van der Waals surface area contributed by atoms with Gasteiger partial charge in [0.05, 0.1) is 18.8 Å². The summed E-state index contributed by atoms with van der Waals surface area (Å²) in [5, 5.41) is 10.2. The number of fused-ring (bicyclic) bond motifs is 1. The lowest BCUT2D eigenvalue weighted by Crippen LogP contribution is -2.56. The summed E-state index contributed by atoms with van der Waals surface area (Å²) in [4.78, 5) is 2.29. The van der Waals surface area contributed by atoms with E-state index in [0.717, 1.165) is 55.3 Å². The van der Waals surface area contributed by atoms with E-state index in [1.165, 1.54) is 5.56 Å². The fourth-order valence-electron chi connectivity index (χ4n) is 3.23. The van der Waals surface area contributed by atoms with Gasteiger partial charge in [-0.05, 0) is 37.1 Å². The Morgan fingerprint density at radius 3 is 3.10 bits per heavy atom. The second-order valence-electron chi connectivity index (χ2n) is 5.99. The average molecular weight is 297 g/mol. The number of hydrogen-bond donors (Lipinski definition) is 2. The zero-order chi connectivity index (χ0) is 14.2. The van der Waals surface area contributed by atoms with Crippen LogP contribution in [0.5, 0.6) is 5.75 Å². The van der Waals surface area contributed by atoms with Gasteiger partial charge in [0.2, 0.25) is 0 Å². The predicted octanol–water partition coefficient (Wildman–Crippen LogP) is 1.56. The smallest absolute Gasteiger partial charge is 0.127 e. The lowest BCUT2D eigenvalue weighted by atomic mass is 9.90. The molecule has 0 bridgehead atoms. The molecule has 1 aromatic rings. The van der Waals surface area contributed by atoms with Crippen molar-refractivity contribution in [2.24, 2.45) is 5.73 Å². The third-order valence-corrected chi connectivity index (χ3v) is 4.44. The molecule has 20 heavy (non-hydrogen) atoms. The number of nitrogens with two attached hydrogens (primary N) is 1. The topological polar surface area (TPSA) is 58.7 Å². The van der Waals surface area contributed by atoms with Crippen molar-refractivity contribution in [3.05, 3.63) is 28.3 Å². The van der Waals surface area contributed by atoms with E-state index in [1.807, 2.05) is 12.1 Å². The van der Waals surface area contributed by atoms with E-state index in [9.17, 15) is 5.11 Å². The molecular formula is C15H21ClN2O2. The molecule has 1 unspecified atom stereocenters. The quantitative estimate of drug-likeness (QED) is 0.889. The molecule has 110 valence electrons. The Bertz CT molecular complexity index is 509. The zero-order valence-corrected chi connectivity index (χ0v) is 12.3. The number of likely N-dealkylation sites (tertiary alicyclic amines) is 1. The summed E-state index contributed by atoms with van der Waals surface area (Å²) < 4.78 is 5.74. The minimum absolute atomic E-state index is 0.0354. The molecule has 0 aromatic heterocycles. The van der Waals surface area contributed by atoms with Crippen LogP contribution in [-0.2, 0) is 13.0 Å². The van der Waals surface area contributed by atoms with E-state index in [0.29, 0.717) is 6.54 Å². The second-order valence-corrected chi connectivity index (χ2v) is 6.42. The van der Waals surface area contributed by atoms with Crippen LogP contribution in [0.3, 0.4) is 0 Å². The molecule has 2 aliphatic rings. The Morgan fingerprint density at radius 2 is 2.30 bits per heavy atom. The highest BCUT2D eigenvalue weighted by molar-refractivity contribution is 6.30. The van der Waals surface area contributed by atoms with Crippen LogP contribution in [0, 0.1) is 0 Å². The van der Waals surface area contributed by atoms with Crippen molar-refractivity contribution in [1.29, 1.82) is 0 Å². The maximum atomic E-state index is 9.44. The van der Waals surface area contributed by atoms with Gasteiger partial charge in [0.15, 0.2) is 0 Å². The van der Waals surface area contributed by atoms with E-state index in [1.54, 1.807) is 0 Å². The number of aliphatic hydroxyl groups excluding tert-OH is 1. The molecule has 1 fully saturated rings. The van der Waals surface area contributed by atoms with Gasteiger partial charge in [-0.1, -0.05) is 11.6 Å². The normalized spacial score (nSPS) is 26.4. The van der Waals surface area contributed by atoms with Crippen molar-refractivity contribution < 1.29 is 9.84 Å². The number of rotatable bonds is 3. The van der Waals surface area contributed by atoms with E-state index >= 15 is 0 Å². The van der Waals surface area contributed by atoms with Crippen molar-refractivity contribution in [2.45, 2.75) is 31.3 Å². The average Bonchev–Trinajstić information content (AvgIpc) is 2.87. The zero-order valence-electron chi connectivity index (χ0n) is 11.6. The van der Waals surface area contributed by atoms with Gasteiger partial charge in [0.25, 0.3) is 0 Å². The van der Waals surface area contributed by atoms with Crippen LogP contribution in [0.4, 0.5) is 0 Å². The van der Waals surface area contributed by atoms with Crippen LogP contribution in [0.25, 0.3) is 0 Å². The number of hydrogen-bond acceptors (Lipinski definition) is 4. The van der Waals surface area contributed by atoms with E-state index in [2.05, 4.69) is 4.90 Å². The molecule has 0 spiro atoms. The molecule has 2 heterocycles. The molecule has 1 atom stereocenters. The summed E-state index contributed by atoms with van der Waals surface area (Å²) in [6.07, 6.45) is 2.82. The van der Waals surface area contributed by atoms with Crippen LogP contribution in [0.15, 0.2) is 12.1 Å². The minimum Gasteiger partial charge on any atom is -0.493 e. The van der Waals surface area contributed by atoms with E-state index in [4.69, 9.17) is 22.1 Å². The summed E-state index contributed by atoms with van der Waals surface area (Å²) in [5.74, 6) is 0.992. The minimum atomic E-state index is -0.471. The number of aliphatic hydroxyl groups is 1. The Morgan fingerprint density at radius 1 is 1.45 bits per heavy atom. The molecule has 2 aliphatic heterocycles. The number of nitrogens with zero attached hydrogens (tertiary/aromatic N) is 1. The van der Waals surface area contributed by atoms with Crippen molar-refractivity contribution in [1.82, 2.24) is 4.90 Å². The summed E-state index contributed by atoms with van der Waals surface area (Å²) in [7, 11) is 0. The van der Waals surface area contributed by atoms with Gasteiger partial charge in [-0.25, -0.2) is 0 Å². The number of halogens is 1. The SMILES string of the molecule is NC1(CO)CCCN(Cc2cc(Cl)cc3c2OCC3)C1. The number of piperidine rings is 1. The van der Waals surface area contributed by atoms with Crippen molar-refractivity contribution in [3.63, 3.8) is 0 Å². The molecule has 1 saturated heterocycles. The molecule has 0 aliphatic carbocycles. The van der Waals surface area contributed by atoms with Gasteiger partial charge in [-0.2, -0.15) is 0 Å². The van der Waals surface area contributed by atoms with Crippen molar-refractivity contribution in [3.8, 4) is 5.75 Å². The second kappa shape index (κ2) is 5.53. The van der Waals surface area contributed by atoms with Crippen LogP contribution < -0.4 is 10.5 Å². The lowest BCUT2D eigenvalue weighted by molar-refractivity contribution is 0.0896. The Hall–Kier alpha value is -0.810. The molecule has 5 heteroatoms. The van der Waals surface area contributed by atoms with Crippen LogP contribution >= 0.6 is 11.6 Å². The molecule has 0 amide bonds. The molecule has 3 N–H and O–H groups in total. The van der Waals surface area contributed by atoms with Gasteiger partial charge >= 0.3 is 0 Å². The van der Waals surface area contributed by atoms with Gasteiger partial charge in [-0.15, -0.1) is 0 Å². The molecular weight excluding hydrogens is 276 g/mol. The maximum Gasteiger partial charge on any atom is 0.127 e. The Labute approximate surface area is 124 Å². The highest BCUT2D eigenvalue weighted by atomic mass is 35.5. The van der Waals surface area contributed by atoms with Gasteiger partial charge in [0.1, 0.15) is 5.75 Å². The Kier molecular flexibility index (Phi) is 3.91. The fourth-order valence-corrected chi connectivity index (χ4v) is 3.49. The highest BCUT2D eigenvalue weighted by Gasteiger charge is 2.31. The first-order valence-electron chi connectivity index (χ1n) is 7.16. The summed E-state index contributed by atoms with van der Waals surface area (Å²) >= 11 is 6.19. The standard InChI is InChI=1S/C15H21ClN2O2/c16-13-6-11-2-5-20-14(11)12(7-13)8-18-4-1-3-15(17,9-18)10-19/h6-7,19H,1-5,8-10,17H2. The maximum absolute atomic E-state index is 9.44. The first kappa shape index (κ1) is 14.1. The van der Waals surface area contributed by atoms with Crippen LogP contribution in [0.2, 0.25) is 5.02 Å². The first-order chi connectivity index (χ1) is 9.59. The molecule has 0 radical (unpaired) electrons. The number of benzene rings is 1. The molecule has 4 nitrogen and oxygen atoms in total. The summed E-state index contributed by atoms with van der Waals surface area (Å²) in [5.41, 5.74) is 8.06. The molecule has 1 aromatic carbocycles. The van der Waals surface area contributed by atoms with Crippen LogP contribution in [-0.4, -0.2) is 41.8 Å². The summed E-state index contributed by atoms with van der Waals surface area (Å²) in [6.45, 7) is 3.26. The third-order valence-electron chi connectivity index (χ3n) is 4.22. The summed E-state index contributed by atoms with van der Waals surface area (Å²) in [6, 6.07) is 3.97. The predicted molar refractivity (Wildman–Crippen MR) is 79.2 cm³/mol. The van der Waals surface area contributed by atoms with Gasteiger partial charge in [-0.3, -0.25) is 4.90 Å². The van der Waals surface area contributed by atoms with Gasteiger partial charge in [0, 0.05) is 30.1 Å². The molecule has 3 rings (SSSR count). The van der Waals surface area contributed by atoms with Gasteiger partial charge < -0.3 is 15.6 Å². The number of ether oxygens (including phenoxy) is 1. The monoisotopic (exact) mass is 296 g/mol. The lowest BCUT2D eigenvalue weighted by Gasteiger charge is -2.39. The van der Waals surface area contributed by atoms with E-state index in [-0.39, 0.29) is 6.61 Å². The highest BCUT2D eigenvalue weighted by Crippen LogP contribution is 2.34. The van der Waals surface area contributed by atoms with Crippen LogP contribution in [0.1, 0.15) is 24.0 Å².